The van der Waals surface area contributed by atoms with Crippen LogP contribution in [0.1, 0.15) is 27.7 Å². The molecule has 0 aliphatic carbocycles. The van der Waals surface area contributed by atoms with E-state index < -0.39 is 0 Å². The van der Waals surface area contributed by atoms with Crippen molar-refractivity contribution in [3.8, 4) is 0 Å². The molecule has 0 aliphatic rings. The molecule has 0 aliphatic heterocycles. The molecule has 0 amide bonds. The number of nitrogens with one attached hydrogen (secondary N) is 2. The van der Waals surface area contributed by atoms with Crippen molar-refractivity contribution in [3.63, 3.8) is 0 Å². The van der Waals surface area contributed by atoms with Crippen molar-refractivity contribution in [2.75, 3.05) is 0 Å². The van der Waals surface area contributed by atoms with Crippen LogP contribution in [0, 0.1) is 0 Å². The molecule has 0 atom stereocenters. The first-order valence-corrected chi connectivity index (χ1v) is 3.59. The summed E-state index contributed by atoms with van der Waals surface area (Å²) in [7, 11) is 0.912. The van der Waals surface area contributed by atoms with E-state index in [0.29, 0.717) is 12.1 Å². The lowest BCUT2D eigenvalue weighted by atomic mass is 10.1. The minimum atomic E-state index is 0.580. The van der Waals surface area contributed by atoms with E-state index in [2.05, 4.69) is 38.2 Å². The summed E-state index contributed by atoms with van der Waals surface area (Å²) in [4.78, 5) is 0. The van der Waals surface area contributed by atoms with Crippen molar-refractivity contribution in [3.05, 3.63) is 0 Å². The highest BCUT2D eigenvalue weighted by Crippen LogP contribution is 1.73. The molecule has 0 heterocycles. The van der Waals surface area contributed by atoms with Crippen molar-refractivity contribution in [1.29, 1.82) is 0 Å². The first-order chi connectivity index (χ1) is 4.13. The molecule has 0 unspecified atom stereocenters. The second-order valence-corrected chi connectivity index (χ2v) is 2.89. The molecule has 54 valence electrons. The van der Waals surface area contributed by atoms with Crippen molar-refractivity contribution in [2.24, 2.45) is 0 Å². The molecule has 2 nitrogen and oxygen atoms in total. The van der Waals surface area contributed by atoms with Gasteiger partial charge in [0.15, 0.2) is 0 Å². The Labute approximate surface area is 58.7 Å². The molecular formula is C6H17BN2. The quantitative estimate of drug-likeness (QED) is 0.530. The van der Waals surface area contributed by atoms with E-state index in [1.54, 1.807) is 0 Å². The zero-order valence-corrected chi connectivity index (χ0v) is 6.86. The average Bonchev–Trinajstić information content (AvgIpc) is 1.63. The van der Waals surface area contributed by atoms with Crippen molar-refractivity contribution in [2.45, 2.75) is 39.8 Å². The zero-order valence-electron chi connectivity index (χ0n) is 6.86. The second-order valence-electron chi connectivity index (χ2n) is 2.89. The van der Waals surface area contributed by atoms with Gasteiger partial charge >= 0.3 is 0 Å². The largest absolute Gasteiger partial charge is 0.343 e. The van der Waals surface area contributed by atoms with E-state index in [9.17, 15) is 0 Å². The molecule has 0 fully saturated rings. The summed E-state index contributed by atoms with van der Waals surface area (Å²) in [5.41, 5.74) is 0. The van der Waals surface area contributed by atoms with Crippen molar-refractivity contribution < 1.29 is 0 Å². The smallest absolute Gasteiger partial charge is 0.286 e. The van der Waals surface area contributed by atoms with Gasteiger partial charge in [0.25, 0.3) is 7.55 Å². The Bertz CT molecular complexity index is 56.1. The zero-order chi connectivity index (χ0) is 7.28. The third kappa shape index (κ3) is 7.98. The molecule has 3 heteroatoms. The highest BCUT2D eigenvalue weighted by molar-refractivity contribution is 6.28. The van der Waals surface area contributed by atoms with Crippen LogP contribution in [-0.4, -0.2) is 19.6 Å². The second kappa shape index (κ2) is 4.83. The van der Waals surface area contributed by atoms with Gasteiger partial charge in [-0.05, 0) is 12.1 Å². The van der Waals surface area contributed by atoms with Gasteiger partial charge in [-0.25, -0.2) is 0 Å². The Morgan fingerprint density at radius 2 is 1.22 bits per heavy atom. The van der Waals surface area contributed by atoms with Crippen LogP contribution in [0.5, 0.6) is 0 Å². The minimum Gasteiger partial charge on any atom is -0.343 e. The maximum absolute atomic E-state index is 3.27. The van der Waals surface area contributed by atoms with Crippen LogP contribution in [-0.2, 0) is 0 Å². The Kier molecular flexibility index (Phi) is 4.82. The van der Waals surface area contributed by atoms with Gasteiger partial charge in [-0.1, -0.05) is 27.7 Å². The topological polar surface area (TPSA) is 24.1 Å². The third-order valence-electron chi connectivity index (χ3n) is 1.02. The molecule has 0 radical (unpaired) electrons. The molecule has 0 saturated carbocycles. The van der Waals surface area contributed by atoms with Gasteiger partial charge in [-0.15, -0.1) is 0 Å². The maximum Gasteiger partial charge on any atom is 0.286 e. The fourth-order valence-corrected chi connectivity index (χ4v) is 0.467. The summed E-state index contributed by atoms with van der Waals surface area (Å²) < 4.78 is 0. The fourth-order valence-electron chi connectivity index (χ4n) is 0.467. The summed E-state index contributed by atoms with van der Waals surface area (Å²) >= 11 is 0. The van der Waals surface area contributed by atoms with E-state index in [0.717, 1.165) is 7.55 Å². The molecule has 0 aromatic carbocycles. The summed E-state index contributed by atoms with van der Waals surface area (Å²) in [5.74, 6) is 0. The van der Waals surface area contributed by atoms with Crippen LogP contribution >= 0.6 is 0 Å². The van der Waals surface area contributed by atoms with Gasteiger partial charge < -0.3 is 10.5 Å². The van der Waals surface area contributed by atoms with Crippen LogP contribution in [0.15, 0.2) is 0 Å². The summed E-state index contributed by atoms with van der Waals surface area (Å²) in [6.07, 6.45) is 0. The summed E-state index contributed by atoms with van der Waals surface area (Å²) in [6, 6.07) is 1.16. The standard InChI is InChI=1S/C6H17BN2/c1-5(2)8-7-9-6(3)4/h5-9H,1-4H3. The first-order valence-electron chi connectivity index (χ1n) is 3.59. The number of hydrogen-bond acceptors (Lipinski definition) is 2. The van der Waals surface area contributed by atoms with Gasteiger partial charge in [-0.3, -0.25) is 0 Å². The van der Waals surface area contributed by atoms with Gasteiger partial charge in [0.05, 0.1) is 0 Å². The van der Waals surface area contributed by atoms with Crippen LogP contribution in [0.4, 0.5) is 0 Å². The Balaban J connectivity index is 2.91. The predicted molar refractivity (Wildman–Crippen MR) is 43.7 cm³/mol. The SMILES string of the molecule is CC(C)NBNC(C)C. The molecule has 0 aromatic heterocycles. The van der Waals surface area contributed by atoms with E-state index in [-0.39, 0.29) is 0 Å². The monoisotopic (exact) mass is 128 g/mol. The molecule has 0 spiro atoms. The van der Waals surface area contributed by atoms with Gasteiger partial charge in [0.2, 0.25) is 0 Å². The van der Waals surface area contributed by atoms with E-state index in [1.165, 1.54) is 0 Å². The lowest BCUT2D eigenvalue weighted by Crippen LogP contribution is -2.40. The highest BCUT2D eigenvalue weighted by atomic mass is 14.9. The predicted octanol–water partition coefficient (Wildman–Crippen LogP) is 0.249. The normalized spacial score (nSPS) is 10.9. The maximum atomic E-state index is 3.27. The first kappa shape index (κ1) is 8.98. The fraction of sp³-hybridized carbons (Fsp3) is 1.00. The molecule has 9 heavy (non-hydrogen) atoms. The van der Waals surface area contributed by atoms with Gasteiger partial charge in [0.1, 0.15) is 0 Å². The van der Waals surface area contributed by atoms with Crippen LogP contribution in [0.3, 0.4) is 0 Å². The Morgan fingerprint density at radius 1 is 0.889 bits per heavy atom. The van der Waals surface area contributed by atoms with Gasteiger partial charge in [-0.2, -0.15) is 0 Å². The lowest BCUT2D eigenvalue weighted by Gasteiger charge is -2.09. The van der Waals surface area contributed by atoms with Crippen LogP contribution in [0.25, 0.3) is 0 Å². The number of hydrogen-bond donors (Lipinski definition) is 2. The molecule has 0 rings (SSSR count). The van der Waals surface area contributed by atoms with E-state index in [4.69, 9.17) is 0 Å². The minimum absolute atomic E-state index is 0.580. The third-order valence-corrected chi connectivity index (χ3v) is 1.02. The van der Waals surface area contributed by atoms with E-state index >= 15 is 0 Å². The Hall–Kier alpha value is -0.0151. The Morgan fingerprint density at radius 3 is 1.44 bits per heavy atom. The van der Waals surface area contributed by atoms with Crippen LogP contribution < -0.4 is 10.5 Å². The average molecular weight is 128 g/mol. The summed E-state index contributed by atoms with van der Waals surface area (Å²) in [6.45, 7) is 8.56. The highest BCUT2D eigenvalue weighted by Gasteiger charge is 1.94. The summed E-state index contributed by atoms with van der Waals surface area (Å²) in [5, 5.41) is 6.53. The molecular weight excluding hydrogens is 111 g/mol. The van der Waals surface area contributed by atoms with Crippen LogP contribution in [0.2, 0.25) is 0 Å². The van der Waals surface area contributed by atoms with Crippen molar-refractivity contribution >= 4 is 7.55 Å². The number of rotatable bonds is 4. The molecule has 0 saturated heterocycles. The molecule has 0 aromatic rings. The molecule has 0 bridgehead atoms. The van der Waals surface area contributed by atoms with Crippen molar-refractivity contribution in [1.82, 2.24) is 10.5 Å². The van der Waals surface area contributed by atoms with E-state index in [1.807, 2.05) is 0 Å². The lowest BCUT2D eigenvalue weighted by molar-refractivity contribution is 0.699. The molecule has 2 N–H and O–H groups in total. The van der Waals surface area contributed by atoms with Gasteiger partial charge in [0, 0.05) is 0 Å².